The standard InChI is InChI=1S/C25H21BrN4OS/c26-21-14-6-5-13-20(21)24-27-28-25(30(24)19-11-2-1-3-12-19)32-17-23(31)29-16-8-10-18-9-4-7-15-22(18)29/h1-7,9,11-15H,8,10,16-17H2. The topological polar surface area (TPSA) is 51.0 Å². The molecule has 1 amide bonds. The van der Waals surface area contributed by atoms with Crippen LogP contribution in [0, 0.1) is 0 Å². The molecule has 1 aromatic heterocycles. The maximum absolute atomic E-state index is 13.2. The number of anilines is 1. The molecule has 1 aliphatic rings. The summed E-state index contributed by atoms with van der Waals surface area (Å²) in [5.41, 5.74) is 4.18. The molecule has 5 nitrogen and oxygen atoms in total. The molecule has 0 bridgehead atoms. The van der Waals surface area contributed by atoms with Crippen molar-refractivity contribution in [3.05, 3.63) is 88.9 Å². The summed E-state index contributed by atoms with van der Waals surface area (Å²) in [5, 5.41) is 9.64. The number of halogens is 1. The fourth-order valence-electron chi connectivity index (χ4n) is 3.99. The van der Waals surface area contributed by atoms with Gasteiger partial charge in [-0.1, -0.05) is 82.3 Å². The van der Waals surface area contributed by atoms with Crippen molar-refractivity contribution < 1.29 is 4.79 Å². The Kier molecular flexibility index (Phi) is 6.10. The number of carbonyl (C=O) groups excluding carboxylic acids is 1. The van der Waals surface area contributed by atoms with Crippen molar-refractivity contribution in [2.24, 2.45) is 0 Å². The average Bonchev–Trinajstić information content (AvgIpc) is 3.26. The molecule has 160 valence electrons. The quantitative estimate of drug-likeness (QED) is 0.323. The maximum Gasteiger partial charge on any atom is 0.237 e. The van der Waals surface area contributed by atoms with Crippen LogP contribution < -0.4 is 4.90 Å². The normalized spacial score (nSPS) is 13.1. The Balaban J connectivity index is 1.45. The molecule has 0 unspecified atom stereocenters. The van der Waals surface area contributed by atoms with E-state index in [9.17, 15) is 4.79 Å². The van der Waals surface area contributed by atoms with E-state index in [1.807, 2.05) is 82.3 Å². The van der Waals surface area contributed by atoms with Crippen LogP contribution in [-0.2, 0) is 11.2 Å². The van der Waals surface area contributed by atoms with Crippen molar-refractivity contribution in [1.29, 1.82) is 0 Å². The molecule has 32 heavy (non-hydrogen) atoms. The number of aryl methyl sites for hydroxylation is 1. The van der Waals surface area contributed by atoms with Crippen molar-refractivity contribution in [2.75, 3.05) is 17.2 Å². The monoisotopic (exact) mass is 504 g/mol. The van der Waals surface area contributed by atoms with Gasteiger partial charge in [-0.15, -0.1) is 10.2 Å². The lowest BCUT2D eigenvalue weighted by Crippen LogP contribution is -2.36. The van der Waals surface area contributed by atoms with Crippen molar-refractivity contribution in [1.82, 2.24) is 14.8 Å². The Hall–Kier alpha value is -2.90. The van der Waals surface area contributed by atoms with Gasteiger partial charge in [0.15, 0.2) is 11.0 Å². The Morgan fingerprint density at radius 3 is 2.53 bits per heavy atom. The molecule has 0 N–H and O–H groups in total. The van der Waals surface area contributed by atoms with Crippen LogP contribution in [0.1, 0.15) is 12.0 Å². The van der Waals surface area contributed by atoms with Gasteiger partial charge in [-0.05, 0) is 42.7 Å². The number of rotatable bonds is 5. The summed E-state index contributed by atoms with van der Waals surface area (Å²) in [6.07, 6.45) is 2.00. The molecule has 5 rings (SSSR count). The molecule has 3 aromatic carbocycles. The number of hydrogen-bond donors (Lipinski definition) is 0. The summed E-state index contributed by atoms with van der Waals surface area (Å²) in [5.74, 6) is 1.13. The number of fused-ring (bicyclic) bond motifs is 1. The summed E-state index contributed by atoms with van der Waals surface area (Å²) in [6.45, 7) is 0.754. The zero-order valence-corrected chi connectivity index (χ0v) is 19.7. The SMILES string of the molecule is O=C(CSc1nnc(-c2ccccc2Br)n1-c1ccccc1)N1CCCc2ccccc21. The highest BCUT2D eigenvalue weighted by Crippen LogP contribution is 2.33. The van der Waals surface area contributed by atoms with E-state index in [1.165, 1.54) is 17.3 Å². The summed E-state index contributed by atoms with van der Waals surface area (Å²) >= 11 is 5.05. The third-order valence-electron chi connectivity index (χ3n) is 5.50. The van der Waals surface area contributed by atoms with E-state index < -0.39 is 0 Å². The van der Waals surface area contributed by atoms with E-state index in [-0.39, 0.29) is 5.91 Å². The second-order valence-corrected chi connectivity index (χ2v) is 9.32. The summed E-state index contributed by atoms with van der Waals surface area (Å²) in [7, 11) is 0. The first-order valence-electron chi connectivity index (χ1n) is 10.5. The number of hydrogen-bond acceptors (Lipinski definition) is 4. The molecule has 0 spiro atoms. The molecule has 7 heteroatoms. The van der Waals surface area contributed by atoms with E-state index in [4.69, 9.17) is 0 Å². The van der Waals surface area contributed by atoms with Gasteiger partial charge in [0.05, 0.1) is 5.75 Å². The van der Waals surface area contributed by atoms with E-state index in [0.717, 1.165) is 46.6 Å². The van der Waals surface area contributed by atoms with E-state index >= 15 is 0 Å². The van der Waals surface area contributed by atoms with Gasteiger partial charge in [-0.2, -0.15) is 0 Å². The summed E-state index contributed by atoms with van der Waals surface area (Å²) in [6, 6.07) is 26.1. The molecular weight excluding hydrogens is 484 g/mol. The fraction of sp³-hybridized carbons (Fsp3) is 0.160. The van der Waals surface area contributed by atoms with Crippen LogP contribution in [0.3, 0.4) is 0 Å². The number of benzene rings is 3. The van der Waals surface area contributed by atoms with Gasteiger partial charge in [0.25, 0.3) is 0 Å². The fourth-order valence-corrected chi connectivity index (χ4v) is 5.28. The van der Waals surface area contributed by atoms with Gasteiger partial charge in [0, 0.05) is 28.0 Å². The van der Waals surface area contributed by atoms with Gasteiger partial charge in [-0.25, -0.2) is 0 Å². The maximum atomic E-state index is 13.2. The van der Waals surface area contributed by atoms with E-state index in [1.54, 1.807) is 0 Å². The largest absolute Gasteiger partial charge is 0.311 e. The lowest BCUT2D eigenvalue weighted by atomic mass is 10.0. The molecule has 2 heterocycles. The Bertz CT molecular complexity index is 1260. The lowest BCUT2D eigenvalue weighted by Gasteiger charge is -2.29. The van der Waals surface area contributed by atoms with Crippen LogP contribution >= 0.6 is 27.7 Å². The van der Waals surface area contributed by atoms with Crippen LogP contribution in [0.5, 0.6) is 0 Å². The molecule has 0 atom stereocenters. The number of carbonyl (C=O) groups is 1. The van der Waals surface area contributed by atoms with Crippen LogP contribution in [-0.4, -0.2) is 33.0 Å². The van der Waals surface area contributed by atoms with Crippen LogP contribution in [0.4, 0.5) is 5.69 Å². The van der Waals surface area contributed by atoms with Crippen molar-refractivity contribution in [3.63, 3.8) is 0 Å². The minimum Gasteiger partial charge on any atom is -0.311 e. The second kappa shape index (κ2) is 9.30. The summed E-state index contributed by atoms with van der Waals surface area (Å²) < 4.78 is 2.96. The predicted octanol–water partition coefficient (Wildman–Crippen LogP) is 5.77. The highest BCUT2D eigenvalue weighted by molar-refractivity contribution is 9.10. The minimum absolute atomic E-state index is 0.0900. The highest BCUT2D eigenvalue weighted by atomic mass is 79.9. The first kappa shape index (κ1) is 21.0. The van der Waals surface area contributed by atoms with Crippen LogP contribution in [0.15, 0.2) is 88.5 Å². The van der Waals surface area contributed by atoms with Gasteiger partial charge in [0.1, 0.15) is 0 Å². The predicted molar refractivity (Wildman–Crippen MR) is 132 cm³/mol. The zero-order valence-electron chi connectivity index (χ0n) is 17.3. The summed E-state index contributed by atoms with van der Waals surface area (Å²) in [4.78, 5) is 15.1. The third kappa shape index (κ3) is 4.10. The van der Waals surface area contributed by atoms with Gasteiger partial charge in [0.2, 0.25) is 5.91 Å². The third-order valence-corrected chi connectivity index (χ3v) is 7.10. The smallest absolute Gasteiger partial charge is 0.237 e. The molecule has 1 aliphatic heterocycles. The highest BCUT2D eigenvalue weighted by Gasteiger charge is 2.24. The first-order valence-corrected chi connectivity index (χ1v) is 12.3. The number of nitrogens with zero attached hydrogens (tertiary/aromatic N) is 4. The van der Waals surface area contributed by atoms with E-state index in [0.29, 0.717) is 10.9 Å². The van der Waals surface area contributed by atoms with Gasteiger partial charge < -0.3 is 4.90 Å². The Morgan fingerprint density at radius 2 is 1.69 bits per heavy atom. The molecule has 0 radical (unpaired) electrons. The van der Waals surface area contributed by atoms with Gasteiger partial charge >= 0.3 is 0 Å². The van der Waals surface area contributed by atoms with Crippen molar-refractivity contribution in [2.45, 2.75) is 18.0 Å². The van der Waals surface area contributed by atoms with Crippen LogP contribution in [0.2, 0.25) is 0 Å². The molecule has 4 aromatic rings. The molecule has 0 fully saturated rings. The first-order chi connectivity index (χ1) is 15.7. The second-order valence-electron chi connectivity index (χ2n) is 7.52. The van der Waals surface area contributed by atoms with Crippen molar-refractivity contribution >= 4 is 39.3 Å². The van der Waals surface area contributed by atoms with Gasteiger partial charge in [-0.3, -0.25) is 9.36 Å². The lowest BCUT2D eigenvalue weighted by molar-refractivity contribution is -0.116. The van der Waals surface area contributed by atoms with Crippen molar-refractivity contribution in [3.8, 4) is 17.1 Å². The minimum atomic E-state index is 0.0900. The number of para-hydroxylation sites is 2. The molecule has 0 saturated heterocycles. The number of amides is 1. The average molecular weight is 505 g/mol. The Labute approximate surface area is 199 Å². The number of aromatic nitrogens is 3. The number of thioether (sulfide) groups is 1. The zero-order chi connectivity index (χ0) is 21.9. The molecule has 0 aliphatic carbocycles. The molecule has 0 saturated carbocycles. The Morgan fingerprint density at radius 1 is 0.938 bits per heavy atom. The molecular formula is C25H21BrN4OS. The van der Waals surface area contributed by atoms with E-state index in [2.05, 4.69) is 32.2 Å². The van der Waals surface area contributed by atoms with Crippen LogP contribution in [0.25, 0.3) is 17.1 Å².